The summed E-state index contributed by atoms with van der Waals surface area (Å²) in [5, 5.41) is 15.9. The Morgan fingerprint density at radius 2 is 2.43 bits per heavy atom. The summed E-state index contributed by atoms with van der Waals surface area (Å²) >= 11 is 0. The van der Waals surface area contributed by atoms with Gasteiger partial charge in [-0.25, -0.2) is 4.98 Å². The van der Waals surface area contributed by atoms with Crippen LogP contribution in [0.2, 0.25) is 0 Å². The normalized spacial score (nSPS) is 10.0. The predicted octanol–water partition coefficient (Wildman–Crippen LogP) is -1.10. The van der Waals surface area contributed by atoms with E-state index in [9.17, 15) is 4.79 Å². The van der Waals surface area contributed by atoms with E-state index in [-0.39, 0.29) is 11.4 Å². The van der Waals surface area contributed by atoms with Crippen LogP contribution in [0.5, 0.6) is 0 Å². The minimum absolute atomic E-state index is 0.234. The molecule has 0 aliphatic heterocycles. The molecule has 0 aromatic carbocycles. The van der Waals surface area contributed by atoms with Gasteiger partial charge in [0.2, 0.25) is 0 Å². The molecule has 2 rings (SSSR count). The molecule has 3 N–H and O–H groups in total. The monoisotopic (exact) mass is 193 g/mol. The lowest BCUT2D eigenvalue weighted by molar-refractivity contribution is 0.881. The topological polar surface area (TPSA) is 112 Å². The number of rotatable bonds is 3. The quantitative estimate of drug-likeness (QED) is 0.570. The fourth-order valence-electron chi connectivity index (χ4n) is 0.898. The maximum absolute atomic E-state index is 11.1. The highest BCUT2D eigenvalue weighted by Crippen LogP contribution is 1.92. The Balaban J connectivity index is 2.06. The van der Waals surface area contributed by atoms with Gasteiger partial charge in [-0.05, 0) is 0 Å². The van der Waals surface area contributed by atoms with E-state index in [2.05, 4.69) is 35.9 Å². The number of nitrogens with one attached hydrogen (secondary N) is 3. The second-order valence-electron chi connectivity index (χ2n) is 2.45. The van der Waals surface area contributed by atoms with Crippen LogP contribution in [-0.2, 0) is 6.54 Å². The molecule has 8 nitrogen and oxygen atoms in total. The van der Waals surface area contributed by atoms with Crippen molar-refractivity contribution >= 4 is 5.82 Å². The molecule has 0 saturated heterocycles. The Labute approximate surface area is 77.8 Å². The second kappa shape index (κ2) is 3.64. The van der Waals surface area contributed by atoms with Gasteiger partial charge in [0.25, 0.3) is 5.56 Å². The summed E-state index contributed by atoms with van der Waals surface area (Å²) in [5.74, 6) is 0.701. The summed E-state index contributed by atoms with van der Waals surface area (Å²) in [6.45, 7) is 0.302. The molecule has 2 heterocycles. The zero-order chi connectivity index (χ0) is 9.80. The van der Waals surface area contributed by atoms with Gasteiger partial charge in [-0.3, -0.25) is 4.79 Å². The van der Waals surface area contributed by atoms with Crippen LogP contribution >= 0.6 is 0 Å². The van der Waals surface area contributed by atoms with Crippen molar-refractivity contribution in [2.75, 3.05) is 5.32 Å². The third kappa shape index (κ3) is 1.73. The fourth-order valence-corrected chi connectivity index (χ4v) is 0.898. The molecular formula is C6H7N7O. The predicted molar refractivity (Wildman–Crippen MR) is 46.4 cm³/mol. The third-order valence-corrected chi connectivity index (χ3v) is 1.51. The zero-order valence-corrected chi connectivity index (χ0v) is 7.06. The molecule has 14 heavy (non-hydrogen) atoms. The first-order chi connectivity index (χ1) is 6.86. The van der Waals surface area contributed by atoms with Gasteiger partial charge >= 0.3 is 0 Å². The molecule has 72 valence electrons. The number of nitrogens with zero attached hydrogens (tertiary/aromatic N) is 4. The average molecular weight is 193 g/mol. The fraction of sp³-hybridized carbons (Fsp3) is 0.167. The molecule has 0 radical (unpaired) electrons. The summed E-state index contributed by atoms with van der Waals surface area (Å²) in [5.41, 5.74) is -0.281. The second-order valence-corrected chi connectivity index (χ2v) is 2.45. The highest BCUT2D eigenvalue weighted by atomic mass is 16.1. The average Bonchev–Trinajstić information content (AvgIpc) is 2.69. The van der Waals surface area contributed by atoms with Crippen molar-refractivity contribution in [3.63, 3.8) is 0 Å². The van der Waals surface area contributed by atoms with Crippen LogP contribution in [0.15, 0.2) is 17.2 Å². The maximum Gasteiger partial charge on any atom is 0.290 e. The number of hydrogen-bond donors (Lipinski definition) is 3. The largest absolute Gasteiger partial charge is 0.358 e. The first kappa shape index (κ1) is 8.35. The standard InChI is InChI=1S/C6H7N7O/c14-6-5(7-1-2-8-6)9-3-4-10-12-13-11-4/h1-2H,3H2,(H,7,9)(H,8,14)(H,10,11,12,13). The molecule has 8 heteroatoms. The number of aromatic nitrogens is 6. The molecule has 0 atom stereocenters. The smallest absolute Gasteiger partial charge is 0.290 e. The minimum Gasteiger partial charge on any atom is -0.358 e. The maximum atomic E-state index is 11.1. The van der Waals surface area contributed by atoms with Crippen molar-refractivity contribution < 1.29 is 0 Å². The van der Waals surface area contributed by atoms with Crippen LogP contribution in [0.4, 0.5) is 5.82 Å². The lowest BCUT2D eigenvalue weighted by Gasteiger charge is -1.98. The van der Waals surface area contributed by atoms with E-state index in [1.807, 2.05) is 0 Å². The van der Waals surface area contributed by atoms with E-state index < -0.39 is 0 Å². The van der Waals surface area contributed by atoms with Crippen LogP contribution in [0, 0.1) is 0 Å². The Hall–Kier alpha value is -2.25. The molecule has 0 fully saturated rings. The molecular weight excluding hydrogens is 186 g/mol. The van der Waals surface area contributed by atoms with Gasteiger partial charge in [-0.15, -0.1) is 10.2 Å². The molecule has 2 aromatic heterocycles. The Bertz CT molecular complexity index is 447. The summed E-state index contributed by atoms with van der Waals surface area (Å²) < 4.78 is 0. The highest BCUT2D eigenvalue weighted by molar-refractivity contribution is 5.29. The number of H-pyrrole nitrogens is 2. The SMILES string of the molecule is O=c1[nH]ccnc1NCc1nn[nH]n1. The van der Waals surface area contributed by atoms with Gasteiger partial charge in [0.05, 0.1) is 6.54 Å². The molecule has 0 bridgehead atoms. The minimum atomic E-state index is -0.281. The molecule has 2 aromatic rings. The molecule has 0 aliphatic rings. The van der Waals surface area contributed by atoms with Crippen LogP contribution in [0.25, 0.3) is 0 Å². The Morgan fingerprint density at radius 1 is 1.50 bits per heavy atom. The van der Waals surface area contributed by atoms with Crippen LogP contribution in [0.3, 0.4) is 0 Å². The molecule has 0 aliphatic carbocycles. The van der Waals surface area contributed by atoms with Crippen molar-refractivity contribution in [3.8, 4) is 0 Å². The van der Waals surface area contributed by atoms with E-state index >= 15 is 0 Å². The highest BCUT2D eigenvalue weighted by Gasteiger charge is 2.01. The Kier molecular flexibility index (Phi) is 2.17. The lowest BCUT2D eigenvalue weighted by Crippen LogP contribution is -2.15. The molecule has 0 unspecified atom stereocenters. The van der Waals surface area contributed by atoms with Crippen molar-refractivity contribution in [3.05, 3.63) is 28.6 Å². The number of anilines is 1. The summed E-state index contributed by atoms with van der Waals surface area (Å²) in [6.07, 6.45) is 2.95. The van der Waals surface area contributed by atoms with Crippen molar-refractivity contribution in [2.45, 2.75) is 6.54 Å². The van der Waals surface area contributed by atoms with E-state index in [4.69, 9.17) is 0 Å². The number of aromatic amines is 2. The van der Waals surface area contributed by atoms with Gasteiger partial charge in [0.1, 0.15) is 0 Å². The first-order valence-corrected chi connectivity index (χ1v) is 3.86. The third-order valence-electron chi connectivity index (χ3n) is 1.51. The number of hydrogen-bond acceptors (Lipinski definition) is 6. The lowest BCUT2D eigenvalue weighted by atomic mass is 10.5. The zero-order valence-electron chi connectivity index (χ0n) is 7.06. The summed E-state index contributed by atoms with van der Waals surface area (Å²) in [7, 11) is 0. The van der Waals surface area contributed by atoms with Crippen molar-refractivity contribution in [1.82, 2.24) is 30.6 Å². The van der Waals surface area contributed by atoms with E-state index in [0.29, 0.717) is 12.4 Å². The van der Waals surface area contributed by atoms with Gasteiger partial charge < -0.3 is 10.3 Å². The van der Waals surface area contributed by atoms with E-state index in [0.717, 1.165) is 0 Å². The van der Waals surface area contributed by atoms with Gasteiger partial charge in [-0.2, -0.15) is 5.21 Å². The summed E-state index contributed by atoms with van der Waals surface area (Å²) in [4.78, 5) is 17.5. The van der Waals surface area contributed by atoms with Crippen LogP contribution in [0.1, 0.15) is 5.82 Å². The number of tetrazole rings is 1. The van der Waals surface area contributed by atoms with Gasteiger partial charge in [0, 0.05) is 12.4 Å². The van der Waals surface area contributed by atoms with Crippen molar-refractivity contribution in [1.29, 1.82) is 0 Å². The van der Waals surface area contributed by atoms with Crippen LogP contribution < -0.4 is 10.9 Å². The van der Waals surface area contributed by atoms with Crippen LogP contribution in [-0.4, -0.2) is 30.6 Å². The molecule has 0 amide bonds. The van der Waals surface area contributed by atoms with Crippen molar-refractivity contribution in [2.24, 2.45) is 0 Å². The van der Waals surface area contributed by atoms with Gasteiger partial charge in [-0.1, -0.05) is 5.21 Å². The Morgan fingerprint density at radius 3 is 3.14 bits per heavy atom. The van der Waals surface area contributed by atoms with E-state index in [1.54, 1.807) is 0 Å². The molecule has 0 spiro atoms. The summed E-state index contributed by atoms with van der Waals surface area (Å²) in [6, 6.07) is 0. The van der Waals surface area contributed by atoms with E-state index in [1.165, 1.54) is 12.4 Å². The molecule has 0 saturated carbocycles. The first-order valence-electron chi connectivity index (χ1n) is 3.86. The van der Waals surface area contributed by atoms with Gasteiger partial charge in [0.15, 0.2) is 11.6 Å².